The first-order valence-electron chi connectivity index (χ1n) is 34.6. The SMILES string of the molecule is C=CCC(C)(C)C.C=CCOC(=O)C(C)(C)C.CB=O.CC(C)(C)C(=O)OCc1ccccc1.CC(C)(C)Cc1ccc(CO)cc1.CC(C)(C)Cc1ccccc1.CC(C)(C)OC(=O)C(C)(C)C.CC(C)C.CC(C)C(=O)OCC[Si](C)(C)C.CC(C)[Si](C)(C)C(C)(C)C. The molecule has 10 nitrogen and oxygen atoms in total. The number of esters is 4. The second-order valence-electron chi connectivity index (χ2n) is 35.9. The third kappa shape index (κ3) is 74.9. The van der Waals surface area contributed by atoms with Crippen LogP contribution in [0.25, 0.3) is 0 Å². The van der Waals surface area contributed by atoms with Crippen molar-refractivity contribution in [1.82, 2.24) is 0 Å². The minimum Gasteiger partial charge on any atom is -0.466 e. The van der Waals surface area contributed by atoms with Gasteiger partial charge in [-0.1, -0.05) is 273 Å². The maximum atomic E-state index is 11.4. The molecule has 0 aromatic heterocycles. The number of hydrogen-bond acceptors (Lipinski definition) is 10. The summed E-state index contributed by atoms with van der Waals surface area (Å²) in [6, 6.07) is 29.5. The smallest absolute Gasteiger partial charge is 0.311 e. The van der Waals surface area contributed by atoms with Gasteiger partial charge in [0.15, 0.2) is 0 Å². The van der Waals surface area contributed by atoms with Crippen LogP contribution in [0.3, 0.4) is 0 Å². The van der Waals surface area contributed by atoms with Crippen LogP contribution in [0.1, 0.15) is 243 Å². The molecule has 3 rings (SSSR count). The fourth-order valence-electron chi connectivity index (χ4n) is 6.23. The van der Waals surface area contributed by atoms with E-state index in [0.29, 0.717) is 41.1 Å². The number of benzene rings is 3. The van der Waals surface area contributed by atoms with Crippen molar-refractivity contribution in [2.75, 3.05) is 13.2 Å². The van der Waals surface area contributed by atoms with Gasteiger partial charge < -0.3 is 24.1 Å². The van der Waals surface area contributed by atoms with Crippen LogP contribution in [0.5, 0.6) is 0 Å². The molecule has 3 aromatic rings. The van der Waals surface area contributed by atoms with Crippen LogP contribution in [0.15, 0.2) is 110 Å². The molecule has 0 amide bonds. The number of aliphatic hydroxyl groups is 1. The average Bonchev–Trinajstić information content (AvgIpc) is 0.841. The summed E-state index contributed by atoms with van der Waals surface area (Å²) in [5, 5.41) is 9.42. The Labute approximate surface area is 590 Å². The molecule has 0 bridgehead atoms. The summed E-state index contributed by atoms with van der Waals surface area (Å²) in [5.74, 6) is 0.263. The zero-order valence-corrected chi connectivity index (χ0v) is 70.7. The maximum Gasteiger partial charge on any atom is 0.311 e. The summed E-state index contributed by atoms with van der Waals surface area (Å²) < 4.78 is 29.0. The van der Waals surface area contributed by atoms with Gasteiger partial charge in [0, 0.05) is 8.07 Å². The first-order chi connectivity index (χ1) is 42.4. The quantitative estimate of drug-likeness (QED) is 0.0760. The van der Waals surface area contributed by atoms with E-state index in [4.69, 9.17) is 28.8 Å². The minimum atomic E-state index is -1.04. The zero-order valence-electron chi connectivity index (χ0n) is 68.7. The van der Waals surface area contributed by atoms with E-state index in [-0.39, 0.29) is 42.0 Å². The number of carbonyl (C=O) groups excluding carboxylic acids is 4. The van der Waals surface area contributed by atoms with E-state index < -0.39 is 32.4 Å². The van der Waals surface area contributed by atoms with Crippen LogP contribution in [0, 0.1) is 44.3 Å². The molecule has 0 atom stereocenters. The Kier molecular flexibility index (Phi) is 55.2. The van der Waals surface area contributed by atoms with Crippen molar-refractivity contribution in [2.45, 2.75) is 309 Å². The number of ether oxygens (including phenoxy) is 4. The van der Waals surface area contributed by atoms with Crippen molar-refractivity contribution in [3.05, 3.63) is 132 Å². The largest absolute Gasteiger partial charge is 0.466 e. The molecule has 13 heteroatoms. The van der Waals surface area contributed by atoms with Crippen LogP contribution >= 0.6 is 0 Å². The van der Waals surface area contributed by atoms with Crippen LogP contribution < -0.4 is 0 Å². The molecule has 0 aliphatic carbocycles. The molecule has 0 aliphatic heterocycles. The predicted octanol–water partition coefficient (Wildman–Crippen LogP) is 23.7. The van der Waals surface area contributed by atoms with Crippen molar-refractivity contribution in [3.8, 4) is 0 Å². The Balaban J connectivity index is -0.000000185. The number of rotatable bonds is 13. The molecule has 1 N–H and O–H groups in total. The molecule has 0 heterocycles. The van der Waals surface area contributed by atoms with E-state index >= 15 is 0 Å². The Morgan fingerprint density at radius 1 is 0.495 bits per heavy atom. The molecule has 0 aliphatic rings. The third-order valence-corrected chi connectivity index (χ3v) is 21.5. The van der Waals surface area contributed by atoms with E-state index in [1.54, 1.807) is 6.08 Å². The standard InChI is InChI=1S/C12H16O2.C12H18O.C11H16.C9H20O2Si.C9H18O2.C9H22Si.C8H14O2.C7H14.C4H10.CH3BO/c1-12(2,3)11(13)14-9-10-7-5-4-6-8-10;1-12(2,3)8-10-4-6-11(9-13)7-5-10;1-11(2,3)9-10-7-5-4-6-8-10;1-8(2)9(10)11-6-7-12(3,4)5;1-8(2,3)7(10)11-9(4,5)6;1-8(2)10(6,7)9(3,4)5;1-5-6-10-7(9)8(2,3)4;1-5-6-7(2,3)4;1-4(2)3;1-2-3/h4-8H,9H2,1-3H3;4-7,13H,8-9H2,1-3H3;4-8H,9H2,1-3H3;8H,6-7H2,1-5H3;1-6H3;8H,1-7H3;5H,1,6H2,2-4H3;5H,1,6H2,2-4H3;4H,1-3H3;1H3. The molecule has 95 heavy (non-hydrogen) atoms. The Bertz CT molecular complexity index is 2430. The Hall–Kier alpha value is -4.72. The number of allylic oxidation sites excluding steroid dienone is 1. The normalized spacial score (nSPS) is 11.5. The molecule has 0 radical (unpaired) electrons. The number of hydrogen-bond donors (Lipinski definition) is 1. The summed E-state index contributed by atoms with van der Waals surface area (Å²) in [5.41, 5.74) is 5.25. The summed E-state index contributed by atoms with van der Waals surface area (Å²) in [6.07, 6.45) is 6.86. The Morgan fingerprint density at radius 2 is 0.832 bits per heavy atom. The first kappa shape index (κ1) is 104. The number of carbonyl (C=O) groups is 4. The monoisotopic (exact) mass is 1360 g/mol. The molecule has 0 unspecified atom stereocenters. The van der Waals surface area contributed by atoms with Crippen LogP contribution in [-0.4, -0.2) is 71.1 Å². The Morgan fingerprint density at radius 3 is 1.06 bits per heavy atom. The minimum absolute atomic E-state index is 0.00614. The molecular weight excluding hydrogens is 1210 g/mol. The van der Waals surface area contributed by atoms with Crippen molar-refractivity contribution in [1.29, 1.82) is 0 Å². The van der Waals surface area contributed by atoms with Crippen molar-refractivity contribution in [3.63, 3.8) is 0 Å². The molecule has 3 aromatic carbocycles. The van der Waals surface area contributed by atoms with Crippen molar-refractivity contribution >= 4 is 47.2 Å². The van der Waals surface area contributed by atoms with Gasteiger partial charge in [-0.2, -0.15) is 0 Å². The topological polar surface area (TPSA) is 142 Å². The zero-order chi connectivity index (χ0) is 76.9. The van der Waals surface area contributed by atoms with Crippen LogP contribution in [-0.2, 0) is 68.9 Å². The van der Waals surface area contributed by atoms with Gasteiger partial charge >= 0.3 is 42.6 Å². The molecule has 0 saturated carbocycles. The van der Waals surface area contributed by atoms with Gasteiger partial charge in [-0.3, -0.25) is 19.2 Å². The summed E-state index contributed by atoms with van der Waals surface area (Å²) >= 11 is 0. The fraction of sp³-hybridized carbons (Fsp3) is 0.683. The molecule has 550 valence electrons. The van der Waals surface area contributed by atoms with Gasteiger partial charge in [-0.25, -0.2) is 0 Å². The second kappa shape index (κ2) is 50.6. The first-order valence-corrected chi connectivity index (χ1v) is 41.3. The van der Waals surface area contributed by atoms with Crippen LogP contribution in [0.4, 0.5) is 0 Å². The molecule has 0 spiro atoms. The van der Waals surface area contributed by atoms with Gasteiger partial charge in [0.25, 0.3) is 0 Å². The van der Waals surface area contributed by atoms with Gasteiger partial charge in [-0.05, 0) is 158 Å². The van der Waals surface area contributed by atoms with Crippen molar-refractivity contribution < 1.29 is 47.9 Å². The molecule has 0 fully saturated rings. The summed E-state index contributed by atoms with van der Waals surface area (Å²) in [6.45, 7) is 86.0. The second-order valence-corrected chi connectivity index (χ2v) is 47.6. The van der Waals surface area contributed by atoms with E-state index in [0.717, 1.165) is 55.0 Å². The molecule has 0 saturated heterocycles. The van der Waals surface area contributed by atoms with Crippen LogP contribution in [0.2, 0.25) is 56.2 Å². The summed E-state index contributed by atoms with van der Waals surface area (Å²) in [7, 11) is -1.27. The third-order valence-electron chi connectivity index (χ3n) is 13.0. The van der Waals surface area contributed by atoms with E-state index in [9.17, 15) is 19.2 Å². The summed E-state index contributed by atoms with van der Waals surface area (Å²) in [4.78, 5) is 44.6. The predicted molar refractivity (Wildman–Crippen MR) is 420 cm³/mol. The van der Waals surface area contributed by atoms with Gasteiger partial charge in [-0.15, -0.1) is 6.58 Å². The van der Waals surface area contributed by atoms with E-state index in [1.165, 1.54) is 17.9 Å². The van der Waals surface area contributed by atoms with Crippen molar-refractivity contribution in [2.24, 2.45) is 44.3 Å². The number of aliphatic hydroxyl groups excluding tert-OH is 1. The van der Waals surface area contributed by atoms with E-state index in [1.807, 2.05) is 145 Å². The van der Waals surface area contributed by atoms with Gasteiger partial charge in [0.05, 0.1) is 43.5 Å². The van der Waals surface area contributed by atoms with E-state index in [2.05, 4.69) is 206 Å². The average molecular weight is 1360 g/mol. The van der Waals surface area contributed by atoms with Gasteiger partial charge in [0.1, 0.15) is 18.8 Å². The maximum absolute atomic E-state index is 11.4. The fourth-order valence-corrected chi connectivity index (χ4v) is 8.68. The molecular formula is C82H151BO10Si2. The van der Waals surface area contributed by atoms with Gasteiger partial charge in [0.2, 0.25) is 0 Å².